The molecule has 0 saturated carbocycles. The van der Waals surface area contributed by atoms with Gasteiger partial charge in [-0.3, -0.25) is 4.79 Å². The summed E-state index contributed by atoms with van der Waals surface area (Å²) in [4.78, 5) is 14.7. The average Bonchev–Trinajstić information content (AvgIpc) is 2.70. The molecule has 0 aliphatic carbocycles. The number of hydrogen-bond acceptors (Lipinski definition) is 5. The first-order valence-electron chi connectivity index (χ1n) is 9.54. The Morgan fingerprint density at radius 1 is 1.24 bits per heavy atom. The maximum atomic E-state index is 12.5. The summed E-state index contributed by atoms with van der Waals surface area (Å²) in [7, 11) is -3.62. The number of nitrogens with one attached hydrogen (secondary N) is 1. The highest BCUT2D eigenvalue weighted by Gasteiger charge is 2.17. The molecule has 1 atom stereocenters. The van der Waals surface area contributed by atoms with Crippen LogP contribution in [0.4, 0.5) is 0 Å². The lowest BCUT2D eigenvalue weighted by molar-refractivity contribution is 0.182. The molecular formula is C19H24Cl2N4O3S. The molecule has 1 aliphatic rings. The van der Waals surface area contributed by atoms with Crippen molar-refractivity contribution >= 4 is 33.2 Å². The maximum Gasteiger partial charge on any atom is 0.291 e. The maximum absolute atomic E-state index is 12.5. The van der Waals surface area contributed by atoms with Gasteiger partial charge in [-0.15, -0.1) is 0 Å². The van der Waals surface area contributed by atoms with E-state index in [2.05, 4.69) is 21.6 Å². The molecule has 3 rings (SSSR count). The zero-order valence-corrected chi connectivity index (χ0v) is 18.5. The van der Waals surface area contributed by atoms with Crippen LogP contribution in [0.3, 0.4) is 0 Å². The van der Waals surface area contributed by atoms with Gasteiger partial charge >= 0.3 is 0 Å². The number of hydrogen-bond donors (Lipinski definition) is 1. The molecule has 1 aromatic heterocycles. The number of likely N-dealkylation sites (tertiary alicyclic amines) is 1. The number of aromatic nitrogens is 2. The van der Waals surface area contributed by atoms with Gasteiger partial charge in [0.05, 0.1) is 21.8 Å². The molecule has 7 nitrogen and oxygen atoms in total. The van der Waals surface area contributed by atoms with Gasteiger partial charge in [0, 0.05) is 13.1 Å². The van der Waals surface area contributed by atoms with E-state index in [9.17, 15) is 13.2 Å². The van der Waals surface area contributed by atoms with E-state index in [-0.39, 0.29) is 14.9 Å². The van der Waals surface area contributed by atoms with Crippen LogP contribution in [-0.2, 0) is 10.0 Å². The number of piperidine rings is 1. The van der Waals surface area contributed by atoms with Crippen LogP contribution in [-0.4, -0.2) is 49.3 Å². The van der Waals surface area contributed by atoms with Crippen LogP contribution in [0.15, 0.2) is 40.2 Å². The summed E-state index contributed by atoms with van der Waals surface area (Å²) in [5.41, 5.74) is -0.174. The van der Waals surface area contributed by atoms with Crippen molar-refractivity contribution in [1.29, 1.82) is 0 Å². The second-order valence-electron chi connectivity index (χ2n) is 7.32. The third-order valence-corrected chi connectivity index (χ3v) is 7.18. The van der Waals surface area contributed by atoms with Crippen molar-refractivity contribution in [3.8, 4) is 5.69 Å². The predicted molar refractivity (Wildman–Crippen MR) is 114 cm³/mol. The van der Waals surface area contributed by atoms with Crippen molar-refractivity contribution in [2.24, 2.45) is 5.92 Å². The highest BCUT2D eigenvalue weighted by Crippen LogP contribution is 2.18. The summed E-state index contributed by atoms with van der Waals surface area (Å²) < 4.78 is 28.7. The second kappa shape index (κ2) is 9.57. The van der Waals surface area contributed by atoms with Gasteiger partial charge < -0.3 is 4.90 Å². The lowest BCUT2D eigenvalue weighted by atomic mass is 10.0. The molecule has 1 fully saturated rings. The fraction of sp³-hybridized carbons (Fsp3) is 0.474. The molecule has 29 heavy (non-hydrogen) atoms. The lowest BCUT2D eigenvalue weighted by Gasteiger charge is -2.30. The minimum Gasteiger partial charge on any atom is -0.303 e. The van der Waals surface area contributed by atoms with Gasteiger partial charge in [-0.05, 0) is 62.5 Å². The number of halogens is 2. The summed E-state index contributed by atoms with van der Waals surface area (Å²) in [5, 5.41) is 3.86. The Labute approximate surface area is 180 Å². The molecule has 1 saturated heterocycles. The van der Waals surface area contributed by atoms with Crippen LogP contribution < -0.4 is 10.3 Å². The zero-order valence-electron chi connectivity index (χ0n) is 16.1. The monoisotopic (exact) mass is 458 g/mol. The van der Waals surface area contributed by atoms with E-state index in [1.807, 2.05) is 0 Å². The Bertz CT molecular complexity index is 1010. The first kappa shape index (κ1) is 22.2. The molecule has 2 heterocycles. The number of rotatable bonds is 7. The van der Waals surface area contributed by atoms with E-state index in [1.165, 1.54) is 43.3 Å². The van der Waals surface area contributed by atoms with E-state index in [4.69, 9.17) is 23.2 Å². The van der Waals surface area contributed by atoms with Crippen molar-refractivity contribution in [3.05, 3.63) is 50.9 Å². The second-order valence-corrected chi connectivity index (χ2v) is 9.87. The minimum atomic E-state index is -3.62. The fourth-order valence-electron chi connectivity index (χ4n) is 3.45. The lowest BCUT2D eigenvalue weighted by Crippen LogP contribution is -2.36. The topological polar surface area (TPSA) is 84.3 Å². The van der Waals surface area contributed by atoms with Crippen molar-refractivity contribution in [2.75, 3.05) is 26.2 Å². The van der Waals surface area contributed by atoms with Crippen LogP contribution in [0.5, 0.6) is 0 Å². The van der Waals surface area contributed by atoms with Crippen LogP contribution in [0.1, 0.15) is 26.2 Å². The fourth-order valence-corrected chi connectivity index (χ4v) is 4.77. The van der Waals surface area contributed by atoms with E-state index in [0.717, 1.165) is 30.7 Å². The van der Waals surface area contributed by atoms with Crippen LogP contribution in [0, 0.1) is 5.92 Å². The van der Waals surface area contributed by atoms with Gasteiger partial charge in [0.25, 0.3) is 5.56 Å². The highest BCUT2D eigenvalue weighted by atomic mass is 35.5. The molecule has 2 aromatic rings. The number of nitrogens with zero attached hydrogens (tertiary/aromatic N) is 3. The summed E-state index contributed by atoms with van der Waals surface area (Å²) in [6.45, 7) is 5.68. The molecule has 0 spiro atoms. The first-order chi connectivity index (χ1) is 13.8. The van der Waals surface area contributed by atoms with E-state index in [1.54, 1.807) is 0 Å². The van der Waals surface area contributed by atoms with Gasteiger partial charge in [0.2, 0.25) is 10.0 Å². The SMILES string of the molecule is CC1CCCN(CCCNS(=O)(=O)c2ccc(-n3ncc(Cl)c(Cl)c3=O)cc2)C1. The third-order valence-electron chi connectivity index (χ3n) is 4.95. The normalized spacial score (nSPS) is 18.1. The Hall–Kier alpha value is -1.45. The molecule has 10 heteroatoms. The standard InChI is InChI=1S/C19H24Cl2N4O3S/c1-14-4-2-10-24(13-14)11-3-9-23-29(27,28)16-7-5-15(6-8-16)25-19(26)18(21)17(20)12-22-25/h5-8,12,14,23H,2-4,9-11,13H2,1H3. The molecule has 1 unspecified atom stereocenters. The Kier molecular flexibility index (Phi) is 7.34. The number of benzene rings is 1. The Morgan fingerprint density at radius 3 is 2.66 bits per heavy atom. The zero-order chi connectivity index (χ0) is 21.0. The van der Waals surface area contributed by atoms with Crippen molar-refractivity contribution in [2.45, 2.75) is 31.1 Å². The summed E-state index contributed by atoms with van der Waals surface area (Å²) in [6.07, 6.45) is 4.49. The van der Waals surface area contributed by atoms with Gasteiger partial charge in [-0.25, -0.2) is 13.1 Å². The average molecular weight is 459 g/mol. The summed E-state index contributed by atoms with van der Waals surface area (Å²) in [6, 6.07) is 5.87. The van der Waals surface area contributed by atoms with E-state index >= 15 is 0 Å². The largest absolute Gasteiger partial charge is 0.303 e. The Morgan fingerprint density at radius 2 is 1.97 bits per heavy atom. The summed E-state index contributed by atoms with van der Waals surface area (Å²) >= 11 is 11.6. The molecule has 1 N–H and O–H groups in total. The molecule has 1 aliphatic heterocycles. The Balaban J connectivity index is 1.60. The molecule has 0 radical (unpaired) electrons. The van der Waals surface area contributed by atoms with Gasteiger partial charge in [0.1, 0.15) is 5.02 Å². The minimum absolute atomic E-state index is 0.0651. The van der Waals surface area contributed by atoms with E-state index < -0.39 is 15.6 Å². The van der Waals surface area contributed by atoms with Crippen molar-refractivity contribution < 1.29 is 8.42 Å². The highest BCUT2D eigenvalue weighted by molar-refractivity contribution is 7.89. The van der Waals surface area contributed by atoms with E-state index in [0.29, 0.717) is 18.2 Å². The van der Waals surface area contributed by atoms with Gasteiger partial charge in [-0.1, -0.05) is 30.1 Å². The van der Waals surface area contributed by atoms with Gasteiger partial charge in [0.15, 0.2) is 0 Å². The quantitative estimate of drug-likeness (QED) is 0.644. The molecule has 0 bridgehead atoms. The molecule has 1 aromatic carbocycles. The number of sulfonamides is 1. The molecule has 158 valence electrons. The first-order valence-corrected chi connectivity index (χ1v) is 11.8. The van der Waals surface area contributed by atoms with Crippen LogP contribution >= 0.6 is 23.2 Å². The third kappa shape index (κ3) is 5.58. The smallest absolute Gasteiger partial charge is 0.291 e. The van der Waals surface area contributed by atoms with Crippen molar-refractivity contribution in [1.82, 2.24) is 19.4 Å². The van der Waals surface area contributed by atoms with Crippen LogP contribution in [0.25, 0.3) is 5.69 Å². The summed E-state index contributed by atoms with van der Waals surface area (Å²) in [5.74, 6) is 0.705. The molecule has 0 amide bonds. The van der Waals surface area contributed by atoms with Crippen LogP contribution in [0.2, 0.25) is 10.0 Å². The van der Waals surface area contributed by atoms with Crippen molar-refractivity contribution in [3.63, 3.8) is 0 Å². The predicted octanol–water partition coefficient (Wildman–Crippen LogP) is 2.94. The van der Waals surface area contributed by atoms with Gasteiger partial charge in [-0.2, -0.15) is 9.78 Å². The molecular weight excluding hydrogens is 435 g/mol.